The van der Waals surface area contributed by atoms with Crippen molar-refractivity contribution in [3.8, 4) is 0 Å². The summed E-state index contributed by atoms with van der Waals surface area (Å²) in [7, 11) is 3.20. The Morgan fingerprint density at radius 2 is 2.50 bits per heavy atom. The number of rotatable bonds is 1. The predicted molar refractivity (Wildman–Crippen MR) is 46.0 cm³/mol. The van der Waals surface area contributed by atoms with Crippen LogP contribution in [0.25, 0.3) is 0 Å². The SMILES string of the molecule is CN(C)C(=O)O/N=C1/COCS1. The standard InChI is InChI=1S/C6H10N2O3S/c1-8(2)6(9)11-7-5-3-10-4-12-5/h3-4H2,1-2H3/b7-5-. The van der Waals surface area contributed by atoms with E-state index >= 15 is 0 Å². The van der Waals surface area contributed by atoms with E-state index in [2.05, 4.69) is 9.99 Å². The first-order valence-electron chi connectivity index (χ1n) is 3.36. The number of carbonyl (C=O) groups is 1. The molecule has 68 valence electrons. The van der Waals surface area contributed by atoms with Crippen molar-refractivity contribution in [3.05, 3.63) is 0 Å². The summed E-state index contributed by atoms with van der Waals surface area (Å²) < 4.78 is 4.98. The third-order valence-corrected chi connectivity index (χ3v) is 1.94. The van der Waals surface area contributed by atoms with Gasteiger partial charge in [0, 0.05) is 14.1 Å². The van der Waals surface area contributed by atoms with Crippen molar-refractivity contribution < 1.29 is 14.4 Å². The molecular formula is C6H10N2O3S. The second kappa shape index (κ2) is 4.32. The highest BCUT2D eigenvalue weighted by atomic mass is 32.2. The van der Waals surface area contributed by atoms with Gasteiger partial charge in [-0.25, -0.2) is 4.79 Å². The highest BCUT2D eigenvalue weighted by molar-refractivity contribution is 8.14. The van der Waals surface area contributed by atoms with Crippen LogP contribution in [0, 0.1) is 0 Å². The van der Waals surface area contributed by atoms with Gasteiger partial charge in [-0.3, -0.25) is 4.84 Å². The zero-order chi connectivity index (χ0) is 8.97. The van der Waals surface area contributed by atoms with Crippen molar-refractivity contribution in [2.24, 2.45) is 5.16 Å². The highest BCUT2D eigenvalue weighted by Crippen LogP contribution is 2.13. The fourth-order valence-corrected chi connectivity index (χ4v) is 1.06. The van der Waals surface area contributed by atoms with Gasteiger partial charge >= 0.3 is 6.09 Å². The summed E-state index contributed by atoms with van der Waals surface area (Å²) >= 11 is 1.43. The molecule has 5 nitrogen and oxygen atoms in total. The van der Waals surface area contributed by atoms with Crippen molar-refractivity contribution in [2.75, 3.05) is 26.6 Å². The number of hydrogen-bond acceptors (Lipinski definition) is 5. The average Bonchev–Trinajstić information content (AvgIpc) is 2.51. The number of ether oxygens (including phenoxy) is 1. The summed E-state index contributed by atoms with van der Waals surface area (Å²) in [4.78, 5) is 16.7. The normalized spacial score (nSPS) is 19.7. The Labute approximate surface area is 74.7 Å². The van der Waals surface area contributed by atoms with Crippen LogP contribution >= 0.6 is 11.8 Å². The molecule has 1 aliphatic rings. The van der Waals surface area contributed by atoms with E-state index in [-0.39, 0.29) is 0 Å². The molecular weight excluding hydrogens is 180 g/mol. The molecule has 1 saturated heterocycles. The van der Waals surface area contributed by atoms with Crippen LogP contribution in [-0.2, 0) is 9.57 Å². The number of amides is 1. The lowest BCUT2D eigenvalue weighted by atomic mass is 10.8. The minimum absolute atomic E-state index is 0.436. The number of nitrogens with zero attached hydrogens (tertiary/aromatic N) is 2. The second-order valence-electron chi connectivity index (χ2n) is 2.35. The van der Waals surface area contributed by atoms with Crippen molar-refractivity contribution in [1.29, 1.82) is 0 Å². The molecule has 1 fully saturated rings. The molecule has 0 aromatic rings. The molecule has 0 atom stereocenters. The first-order chi connectivity index (χ1) is 5.70. The maximum atomic E-state index is 10.8. The van der Waals surface area contributed by atoms with Crippen LogP contribution in [0.2, 0.25) is 0 Å². The van der Waals surface area contributed by atoms with Gasteiger partial charge < -0.3 is 9.64 Å². The van der Waals surface area contributed by atoms with E-state index in [1.54, 1.807) is 14.1 Å². The molecule has 0 saturated carbocycles. The van der Waals surface area contributed by atoms with E-state index in [1.165, 1.54) is 16.7 Å². The second-order valence-corrected chi connectivity index (χ2v) is 3.34. The molecule has 6 heteroatoms. The number of thioether (sulfide) groups is 1. The van der Waals surface area contributed by atoms with Gasteiger partial charge in [0.25, 0.3) is 0 Å². The van der Waals surface area contributed by atoms with E-state index in [0.717, 1.165) is 0 Å². The van der Waals surface area contributed by atoms with Crippen LogP contribution in [0.15, 0.2) is 5.16 Å². The van der Waals surface area contributed by atoms with Gasteiger partial charge in [0.05, 0.1) is 12.5 Å². The molecule has 0 aromatic carbocycles. The van der Waals surface area contributed by atoms with Crippen LogP contribution < -0.4 is 0 Å². The Kier molecular flexibility index (Phi) is 3.36. The molecule has 0 unspecified atom stereocenters. The Balaban J connectivity index is 2.32. The van der Waals surface area contributed by atoms with Gasteiger partial charge in [0.15, 0.2) is 0 Å². The van der Waals surface area contributed by atoms with Gasteiger partial charge in [0.2, 0.25) is 0 Å². The summed E-state index contributed by atoms with van der Waals surface area (Å²) in [6.07, 6.45) is -0.477. The van der Waals surface area contributed by atoms with Crippen molar-refractivity contribution in [3.63, 3.8) is 0 Å². The number of oxime groups is 1. The Morgan fingerprint density at radius 3 is 3.00 bits per heavy atom. The third-order valence-electron chi connectivity index (χ3n) is 1.13. The van der Waals surface area contributed by atoms with Gasteiger partial charge in [-0.1, -0.05) is 16.9 Å². The molecule has 1 aliphatic heterocycles. The Hall–Kier alpha value is -0.750. The van der Waals surface area contributed by atoms with Crippen LogP contribution in [0.3, 0.4) is 0 Å². The molecule has 1 amide bonds. The van der Waals surface area contributed by atoms with Gasteiger partial charge in [-0.15, -0.1) is 0 Å². The van der Waals surface area contributed by atoms with Crippen molar-refractivity contribution >= 4 is 22.9 Å². The predicted octanol–water partition coefficient (Wildman–Crippen LogP) is 0.719. The molecule has 0 spiro atoms. The monoisotopic (exact) mass is 190 g/mol. The largest absolute Gasteiger partial charge is 0.435 e. The average molecular weight is 190 g/mol. The van der Waals surface area contributed by atoms with E-state index in [1.807, 2.05) is 0 Å². The topological polar surface area (TPSA) is 51.1 Å². The van der Waals surface area contributed by atoms with E-state index in [0.29, 0.717) is 17.6 Å². The minimum Gasteiger partial charge on any atom is -0.363 e. The van der Waals surface area contributed by atoms with Gasteiger partial charge in [0.1, 0.15) is 5.04 Å². The zero-order valence-electron chi connectivity index (χ0n) is 6.94. The molecule has 0 bridgehead atoms. The molecule has 12 heavy (non-hydrogen) atoms. The van der Waals surface area contributed by atoms with E-state index in [9.17, 15) is 4.79 Å². The van der Waals surface area contributed by atoms with Crippen LogP contribution in [0.4, 0.5) is 4.79 Å². The fourth-order valence-electron chi connectivity index (χ4n) is 0.505. The Morgan fingerprint density at radius 1 is 1.75 bits per heavy atom. The lowest BCUT2D eigenvalue weighted by Crippen LogP contribution is -2.21. The molecule has 0 N–H and O–H groups in total. The lowest BCUT2D eigenvalue weighted by molar-refractivity contribution is 0.121. The summed E-state index contributed by atoms with van der Waals surface area (Å²) in [5, 5.41) is 4.31. The fraction of sp³-hybridized carbons (Fsp3) is 0.667. The summed E-state index contributed by atoms with van der Waals surface area (Å²) in [6.45, 7) is 0.436. The zero-order valence-corrected chi connectivity index (χ0v) is 7.76. The molecule has 1 heterocycles. The van der Waals surface area contributed by atoms with Crippen molar-refractivity contribution in [2.45, 2.75) is 0 Å². The first kappa shape index (κ1) is 9.34. The molecule has 0 radical (unpaired) electrons. The Bertz CT molecular complexity index is 197. The highest BCUT2D eigenvalue weighted by Gasteiger charge is 2.11. The first-order valence-corrected chi connectivity index (χ1v) is 4.34. The van der Waals surface area contributed by atoms with Crippen LogP contribution in [0.1, 0.15) is 0 Å². The molecule has 1 rings (SSSR count). The third kappa shape index (κ3) is 2.71. The summed E-state index contributed by atoms with van der Waals surface area (Å²) in [6, 6.07) is 0. The smallest absolute Gasteiger partial charge is 0.363 e. The summed E-state index contributed by atoms with van der Waals surface area (Å²) in [5.74, 6) is 0.582. The minimum atomic E-state index is -0.477. The van der Waals surface area contributed by atoms with Gasteiger partial charge in [-0.2, -0.15) is 0 Å². The number of hydrogen-bond donors (Lipinski definition) is 0. The maximum Gasteiger partial charge on any atom is 0.435 e. The van der Waals surface area contributed by atoms with Gasteiger partial charge in [-0.05, 0) is 0 Å². The molecule has 0 aromatic heterocycles. The van der Waals surface area contributed by atoms with E-state index < -0.39 is 6.09 Å². The van der Waals surface area contributed by atoms with E-state index in [4.69, 9.17) is 4.74 Å². The maximum absolute atomic E-state index is 10.8. The molecule has 0 aliphatic carbocycles. The van der Waals surface area contributed by atoms with Crippen LogP contribution in [-0.4, -0.2) is 42.7 Å². The quantitative estimate of drug-likeness (QED) is 0.451. The number of carbonyl (C=O) groups excluding carboxylic acids is 1. The summed E-state index contributed by atoms with van der Waals surface area (Å²) in [5.41, 5.74) is 0. The van der Waals surface area contributed by atoms with Crippen LogP contribution in [0.5, 0.6) is 0 Å². The lowest BCUT2D eigenvalue weighted by Gasteiger charge is -2.05. The van der Waals surface area contributed by atoms with Crippen molar-refractivity contribution in [1.82, 2.24) is 4.90 Å².